The maximum absolute atomic E-state index is 11.4. The van der Waals surface area contributed by atoms with Gasteiger partial charge in [-0.25, -0.2) is 13.4 Å². The van der Waals surface area contributed by atoms with Crippen LogP contribution >= 0.6 is 0 Å². The van der Waals surface area contributed by atoms with Gasteiger partial charge in [-0.3, -0.25) is 0 Å². The summed E-state index contributed by atoms with van der Waals surface area (Å²) in [6.45, 7) is 0. The van der Waals surface area contributed by atoms with Crippen molar-refractivity contribution in [3.05, 3.63) is 30.4 Å². The fourth-order valence-corrected chi connectivity index (χ4v) is 4.05. The Kier molecular flexibility index (Phi) is 2.16. The summed E-state index contributed by atoms with van der Waals surface area (Å²) in [5.74, 6) is 1.33. The van der Waals surface area contributed by atoms with Crippen LogP contribution in [0.4, 0.5) is 0 Å². The summed E-state index contributed by atoms with van der Waals surface area (Å²) in [7, 11) is -2.90. The van der Waals surface area contributed by atoms with Gasteiger partial charge in [0.15, 0.2) is 9.84 Å². The third-order valence-electron chi connectivity index (χ3n) is 3.14. The van der Waals surface area contributed by atoms with Crippen molar-refractivity contribution in [1.29, 1.82) is 0 Å². The lowest BCUT2D eigenvalue weighted by atomic mass is 10.1. The van der Waals surface area contributed by atoms with E-state index >= 15 is 0 Å². The molecular weight excluding hydrogens is 240 g/mol. The second-order valence-electron chi connectivity index (χ2n) is 4.40. The van der Waals surface area contributed by atoms with Crippen molar-refractivity contribution in [2.75, 3.05) is 11.5 Å². The molecule has 3 heterocycles. The molecule has 5 nitrogen and oxygen atoms in total. The number of nitrogens with zero attached hydrogens (tertiary/aromatic N) is 2. The molecular formula is C11H12N2O3S. The van der Waals surface area contributed by atoms with Gasteiger partial charge in [0.25, 0.3) is 0 Å². The van der Waals surface area contributed by atoms with Gasteiger partial charge in [-0.05, 0) is 12.5 Å². The topological polar surface area (TPSA) is 71.7 Å². The van der Waals surface area contributed by atoms with Gasteiger partial charge in [-0.2, -0.15) is 0 Å². The molecule has 0 saturated carbocycles. The van der Waals surface area contributed by atoms with Gasteiger partial charge in [-0.15, -0.1) is 0 Å². The number of imidazole rings is 1. The maximum Gasteiger partial charge on any atom is 0.151 e. The van der Waals surface area contributed by atoms with E-state index in [1.165, 1.54) is 0 Å². The second-order valence-corrected chi connectivity index (χ2v) is 6.62. The SMILES string of the molecule is O=S1(=O)CCC(c2ncc3cc(O)ccn23)C1. The summed E-state index contributed by atoms with van der Waals surface area (Å²) >= 11 is 0. The van der Waals surface area contributed by atoms with Crippen molar-refractivity contribution >= 4 is 15.4 Å². The molecule has 2 aromatic rings. The smallest absolute Gasteiger partial charge is 0.151 e. The summed E-state index contributed by atoms with van der Waals surface area (Å²) in [6.07, 6.45) is 4.00. The Morgan fingerprint density at radius 3 is 3.00 bits per heavy atom. The molecule has 17 heavy (non-hydrogen) atoms. The molecule has 0 radical (unpaired) electrons. The minimum absolute atomic E-state index is 0.0351. The van der Waals surface area contributed by atoms with E-state index in [4.69, 9.17) is 0 Å². The first-order valence-electron chi connectivity index (χ1n) is 5.41. The molecule has 0 aromatic carbocycles. The molecule has 1 fully saturated rings. The number of aromatic nitrogens is 2. The van der Waals surface area contributed by atoms with Crippen LogP contribution in [-0.2, 0) is 9.84 Å². The average molecular weight is 252 g/mol. The van der Waals surface area contributed by atoms with Crippen LogP contribution in [0.2, 0.25) is 0 Å². The summed E-state index contributed by atoms with van der Waals surface area (Å²) in [4.78, 5) is 4.27. The van der Waals surface area contributed by atoms with Crippen molar-refractivity contribution < 1.29 is 13.5 Å². The van der Waals surface area contributed by atoms with Crippen molar-refractivity contribution in [2.45, 2.75) is 12.3 Å². The summed E-state index contributed by atoms with van der Waals surface area (Å²) < 4.78 is 24.7. The highest BCUT2D eigenvalue weighted by Gasteiger charge is 2.31. The van der Waals surface area contributed by atoms with E-state index in [1.54, 1.807) is 24.5 Å². The molecule has 2 aromatic heterocycles. The zero-order valence-electron chi connectivity index (χ0n) is 9.07. The number of aromatic hydroxyl groups is 1. The predicted molar refractivity (Wildman–Crippen MR) is 62.9 cm³/mol. The van der Waals surface area contributed by atoms with E-state index in [0.717, 1.165) is 11.3 Å². The zero-order chi connectivity index (χ0) is 12.0. The van der Waals surface area contributed by atoms with E-state index in [9.17, 15) is 13.5 Å². The van der Waals surface area contributed by atoms with E-state index in [2.05, 4.69) is 4.98 Å². The number of fused-ring (bicyclic) bond motifs is 1. The lowest BCUT2D eigenvalue weighted by molar-refractivity contribution is 0.475. The Morgan fingerprint density at radius 1 is 1.47 bits per heavy atom. The Labute approximate surface area is 98.6 Å². The first kappa shape index (κ1) is 10.6. The van der Waals surface area contributed by atoms with E-state index in [0.29, 0.717) is 6.42 Å². The number of rotatable bonds is 1. The summed E-state index contributed by atoms with van der Waals surface area (Å²) in [6, 6.07) is 3.18. The fraction of sp³-hybridized carbons (Fsp3) is 0.364. The third-order valence-corrected chi connectivity index (χ3v) is 4.91. The second kappa shape index (κ2) is 3.46. The molecule has 6 heteroatoms. The van der Waals surface area contributed by atoms with Crippen LogP contribution in [-0.4, -0.2) is 34.4 Å². The normalized spacial score (nSPS) is 23.2. The van der Waals surface area contributed by atoms with Gasteiger partial charge in [0.05, 0.1) is 23.2 Å². The monoisotopic (exact) mass is 252 g/mol. The van der Waals surface area contributed by atoms with Crippen LogP contribution in [0.25, 0.3) is 5.52 Å². The van der Waals surface area contributed by atoms with Gasteiger partial charge >= 0.3 is 0 Å². The third kappa shape index (κ3) is 1.78. The van der Waals surface area contributed by atoms with Crippen LogP contribution in [0.15, 0.2) is 24.5 Å². The summed E-state index contributed by atoms with van der Waals surface area (Å²) in [5.41, 5.74) is 0.782. The summed E-state index contributed by atoms with van der Waals surface area (Å²) in [5, 5.41) is 9.35. The minimum atomic E-state index is -2.90. The highest BCUT2D eigenvalue weighted by molar-refractivity contribution is 7.91. The largest absolute Gasteiger partial charge is 0.508 e. The minimum Gasteiger partial charge on any atom is -0.508 e. The van der Waals surface area contributed by atoms with E-state index in [-0.39, 0.29) is 23.2 Å². The molecule has 1 unspecified atom stereocenters. The van der Waals surface area contributed by atoms with Gasteiger partial charge in [0.2, 0.25) is 0 Å². The number of pyridine rings is 1. The molecule has 0 spiro atoms. The predicted octanol–water partition coefficient (Wildman–Crippen LogP) is 0.942. The van der Waals surface area contributed by atoms with Crippen molar-refractivity contribution in [3.63, 3.8) is 0 Å². The quantitative estimate of drug-likeness (QED) is 0.820. The van der Waals surface area contributed by atoms with Crippen LogP contribution in [0.1, 0.15) is 18.2 Å². The van der Waals surface area contributed by atoms with Crippen LogP contribution in [0.5, 0.6) is 5.75 Å². The number of hydrogen-bond acceptors (Lipinski definition) is 4. The lowest BCUT2D eigenvalue weighted by Crippen LogP contribution is -2.07. The molecule has 1 N–H and O–H groups in total. The van der Waals surface area contributed by atoms with Gasteiger partial charge < -0.3 is 9.51 Å². The van der Waals surface area contributed by atoms with Crippen LogP contribution in [0, 0.1) is 0 Å². The molecule has 3 rings (SSSR count). The highest BCUT2D eigenvalue weighted by atomic mass is 32.2. The molecule has 0 amide bonds. The average Bonchev–Trinajstić information content (AvgIpc) is 2.80. The van der Waals surface area contributed by atoms with Gasteiger partial charge in [0.1, 0.15) is 11.6 Å². The molecule has 1 saturated heterocycles. The maximum atomic E-state index is 11.4. The molecule has 1 atom stereocenters. The molecule has 1 aliphatic rings. The number of sulfone groups is 1. The Balaban J connectivity index is 2.07. The Morgan fingerprint density at radius 2 is 2.29 bits per heavy atom. The van der Waals surface area contributed by atoms with Crippen molar-refractivity contribution in [3.8, 4) is 5.75 Å². The van der Waals surface area contributed by atoms with Crippen LogP contribution in [0.3, 0.4) is 0 Å². The van der Waals surface area contributed by atoms with Crippen LogP contribution < -0.4 is 0 Å². The molecule has 90 valence electrons. The standard InChI is InChI=1S/C11H12N2O3S/c14-10-1-3-13-9(5-10)6-12-11(13)8-2-4-17(15,16)7-8/h1,3,5-6,8,14H,2,4,7H2. The lowest BCUT2D eigenvalue weighted by Gasteiger charge is -2.06. The van der Waals surface area contributed by atoms with Crippen molar-refractivity contribution in [2.24, 2.45) is 0 Å². The Bertz CT molecular complexity index is 675. The number of hydrogen-bond donors (Lipinski definition) is 1. The first-order valence-corrected chi connectivity index (χ1v) is 7.24. The van der Waals surface area contributed by atoms with E-state index in [1.807, 2.05) is 4.40 Å². The fourth-order valence-electron chi connectivity index (χ4n) is 2.31. The van der Waals surface area contributed by atoms with Crippen molar-refractivity contribution in [1.82, 2.24) is 9.38 Å². The van der Waals surface area contributed by atoms with Gasteiger partial charge in [-0.1, -0.05) is 0 Å². The highest BCUT2D eigenvalue weighted by Crippen LogP contribution is 2.29. The molecule has 1 aliphatic heterocycles. The zero-order valence-corrected chi connectivity index (χ0v) is 9.89. The van der Waals surface area contributed by atoms with E-state index < -0.39 is 9.84 Å². The first-order chi connectivity index (χ1) is 8.05. The van der Waals surface area contributed by atoms with Gasteiger partial charge in [0, 0.05) is 18.2 Å². The Hall–Kier alpha value is -1.56. The molecule has 0 bridgehead atoms. The molecule has 0 aliphatic carbocycles.